The van der Waals surface area contributed by atoms with E-state index in [1.54, 1.807) is 11.8 Å². The summed E-state index contributed by atoms with van der Waals surface area (Å²) in [6.07, 6.45) is 2.65. The Morgan fingerprint density at radius 1 is 0.618 bits per heavy atom. The minimum absolute atomic E-state index is 0.125. The summed E-state index contributed by atoms with van der Waals surface area (Å²) in [7, 11) is 1.45. The highest BCUT2D eigenvalue weighted by Crippen LogP contribution is 2.33. The second kappa shape index (κ2) is 24.1. The van der Waals surface area contributed by atoms with Gasteiger partial charge in [-0.05, 0) is 99.2 Å². The van der Waals surface area contributed by atoms with Crippen molar-refractivity contribution in [1.82, 2.24) is 0 Å². The van der Waals surface area contributed by atoms with Crippen molar-refractivity contribution in [3.8, 4) is 0 Å². The molecule has 4 N–H and O–H groups in total. The second-order valence-corrected chi connectivity index (χ2v) is 17.0. The van der Waals surface area contributed by atoms with Crippen LogP contribution in [0.25, 0.3) is 0 Å². The van der Waals surface area contributed by atoms with Gasteiger partial charge in [-0.3, -0.25) is 13.8 Å². The number of para-hydroxylation sites is 2. The first-order valence-corrected chi connectivity index (χ1v) is 21.3. The summed E-state index contributed by atoms with van der Waals surface area (Å²) in [5.74, 6) is 1.60. The summed E-state index contributed by atoms with van der Waals surface area (Å²) in [4.78, 5) is 24.7. The molecule has 0 spiro atoms. The Labute approximate surface area is 335 Å². The molecule has 4 aromatic rings. The van der Waals surface area contributed by atoms with Crippen molar-refractivity contribution in [3.63, 3.8) is 0 Å². The lowest BCUT2D eigenvalue weighted by molar-refractivity contribution is -0.141. The number of anilines is 6. The Kier molecular flexibility index (Phi) is 19.7. The number of hydrogen-bond donors (Lipinski definition) is 4. The van der Waals surface area contributed by atoms with Gasteiger partial charge in [-0.1, -0.05) is 64.1 Å². The summed E-state index contributed by atoms with van der Waals surface area (Å²) >= 11 is 1.67. The average Bonchev–Trinajstić information content (AvgIpc) is 3.15. The number of esters is 2. The summed E-state index contributed by atoms with van der Waals surface area (Å²) in [5, 5.41) is 13.9. The van der Waals surface area contributed by atoms with E-state index in [1.807, 2.05) is 78.9 Å². The monoisotopic (exact) mass is 788 g/mol. The fraction of sp³-hybridized carbons (Fsp3) is 0.409. The molecular weight excluding hydrogens is 729 g/mol. The van der Waals surface area contributed by atoms with E-state index in [1.165, 1.54) is 14.2 Å². The van der Waals surface area contributed by atoms with Crippen molar-refractivity contribution in [1.29, 1.82) is 0 Å². The van der Waals surface area contributed by atoms with Crippen LogP contribution in [0.2, 0.25) is 0 Å². The summed E-state index contributed by atoms with van der Waals surface area (Å²) < 4.78 is 22.4. The molecule has 0 saturated heterocycles. The zero-order chi connectivity index (χ0) is 40.2. The molecule has 0 aliphatic carbocycles. The normalized spacial score (nSPS) is 12.5. The maximum atomic E-state index is 12.9. The topological polar surface area (TPSA) is 118 Å². The van der Waals surface area contributed by atoms with E-state index in [9.17, 15) is 13.8 Å². The number of rotatable bonds is 20. The first-order chi connectivity index (χ1) is 26.4. The van der Waals surface area contributed by atoms with E-state index in [4.69, 9.17) is 4.74 Å². The minimum atomic E-state index is -1.32. The SMILES string of the molecule is COC(=O)CCS(=O)c1cc(Nc2ccccc2)ccc1NC(C)CC(C)C.COC(=O)CCSc1cc(Nc2ccccc2)ccc1NC(C)CC(C)C. The lowest BCUT2D eigenvalue weighted by Gasteiger charge is -2.20. The van der Waals surface area contributed by atoms with E-state index in [2.05, 4.69) is 85.7 Å². The Morgan fingerprint density at radius 3 is 1.60 bits per heavy atom. The summed E-state index contributed by atoms with van der Waals surface area (Å²) in [5.41, 5.74) is 5.85. The Morgan fingerprint density at radius 2 is 1.09 bits per heavy atom. The van der Waals surface area contributed by atoms with Crippen molar-refractivity contribution in [2.45, 2.75) is 89.1 Å². The standard InChI is InChI=1S/C22H30N2O3S.C22H30N2O2S/c1-16(2)14-17(3)23-20-11-10-19(24-18-8-6-5-7-9-18)15-21(20)28(26)13-12-22(25)27-4;1-16(2)14-17(3)23-20-11-10-19(24-18-8-6-5-7-9-18)15-21(20)27-13-12-22(25)26-4/h5-11,15-17,23-24H,12-14H2,1-4H3;5-11,15-17,23-24H,12-14H2,1-4H3. The molecular formula is C44H60N4O5S2. The van der Waals surface area contributed by atoms with Crippen LogP contribution in [-0.4, -0.2) is 54.0 Å². The van der Waals surface area contributed by atoms with Gasteiger partial charge in [0, 0.05) is 56.9 Å². The Hall–Kier alpha value is -4.48. The number of thioether (sulfide) groups is 1. The van der Waals surface area contributed by atoms with Gasteiger partial charge in [0.1, 0.15) is 0 Å². The lowest BCUT2D eigenvalue weighted by Crippen LogP contribution is -2.19. The van der Waals surface area contributed by atoms with Crippen LogP contribution in [0, 0.1) is 11.8 Å². The lowest BCUT2D eigenvalue weighted by atomic mass is 10.1. The van der Waals surface area contributed by atoms with Gasteiger partial charge in [0.25, 0.3) is 0 Å². The van der Waals surface area contributed by atoms with Crippen molar-refractivity contribution in [2.75, 3.05) is 47.0 Å². The van der Waals surface area contributed by atoms with E-state index in [-0.39, 0.29) is 30.2 Å². The van der Waals surface area contributed by atoms with Crippen LogP contribution < -0.4 is 21.3 Å². The van der Waals surface area contributed by atoms with E-state index >= 15 is 0 Å². The van der Waals surface area contributed by atoms with Gasteiger partial charge in [-0.2, -0.15) is 0 Å². The fourth-order valence-corrected chi connectivity index (χ4v) is 8.10. The van der Waals surface area contributed by atoms with Crippen molar-refractivity contribution in [2.24, 2.45) is 11.8 Å². The molecule has 3 atom stereocenters. The van der Waals surface area contributed by atoms with Crippen molar-refractivity contribution in [3.05, 3.63) is 97.1 Å². The van der Waals surface area contributed by atoms with Gasteiger partial charge in [-0.25, -0.2) is 0 Å². The number of carbonyl (C=O) groups is 2. The third kappa shape index (κ3) is 17.2. The van der Waals surface area contributed by atoms with Crippen LogP contribution >= 0.6 is 11.8 Å². The first-order valence-electron chi connectivity index (χ1n) is 19.0. The molecule has 0 radical (unpaired) electrons. The molecule has 0 aliphatic rings. The van der Waals surface area contributed by atoms with Crippen molar-refractivity contribution < 1.29 is 23.3 Å². The van der Waals surface area contributed by atoms with Gasteiger partial charge in [0.15, 0.2) is 0 Å². The van der Waals surface area contributed by atoms with Gasteiger partial charge in [0.05, 0.1) is 48.4 Å². The third-order valence-corrected chi connectivity index (χ3v) is 10.8. The quantitative estimate of drug-likeness (QED) is 0.0509. The molecule has 298 valence electrons. The molecule has 0 amide bonds. The number of benzene rings is 4. The average molecular weight is 789 g/mol. The molecule has 4 aromatic carbocycles. The summed E-state index contributed by atoms with van der Waals surface area (Å²) in [6, 6.07) is 32.7. The highest BCUT2D eigenvalue weighted by Gasteiger charge is 2.16. The molecule has 55 heavy (non-hydrogen) atoms. The Bertz CT molecular complexity index is 1770. The van der Waals surface area contributed by atoms with Crippen molar-refractivity contribution >= 4 is 68.6 Å². The molecule has 0 heterocycles. The van der Waals surface area contributed by atoms with Crippen LogP contribution in [0.3, 0.4) is 0 Å². The smallest absolute Gasteiger partial charge is 0.306 e. The zero-order valence-corrected chi connectivity index (χ0v) is 35.3. The van der Waals surface area contributed by atoms with Gasteiger partial charge >= 0.3 is 11.9 Å². The zero-order valence-electron chi connectivity index (χ0n) is 33.6. The molecule has 0 saturated carbocycles. The Balaban J connectivity index is 0.000000296. The van der Waals surface area contributed by atoms with E-state index in [0.29, 0.717) is 34.9 Å². The highest BCUT2D eigenvalue weighted by atomic mass is 32.2. The fourth-order valence-electron chi connectivity index (χ4n) is 5.92. The predicted octanol–water partition coefficient (Wildman–Crippen LogP) is 10.9. The largest absolute Gasteiger partial charge is 0.469 e. The van der Waals surface area contributed by atoms with Crippen LogP contribution in [0.1, 0.15) is 67.2 Å². The van der Waals surface area contributed by atoms with Crippen LogP contribution in [-0.2, 0) is 29.9 Å². The number of methoxy groups -OCH3 is 2. The molecule has 0 aliphatic heterocycles. The van der Waals surface area contributed by atoms with Gasteiger partial charge < -0.3 is 30.7 Å². The highest BCUT2D eigenvalue weighted by molar-refractivity contribution is 7.99. The molecule has 9 nitrogen and oxygen atoms in total. The van der Waals surface area contributed by atoms with Crippen LogP contribution in [0.5, 0.6) is 0 Å². The minimum Gasteiger partial charge on any atom is -0.469 e. The summed E-state index contributed by atoms with van der Waals surface area (Å²) in [6.45, 7) is 13.2. The molecule has 0 fully saturated rings. The first kappa shape index (κ1) is 44.9. The van der Waals surface area contributed by atoms with Crippen LogP contribution in [0.15, 0.2) is 107 Å². The maximum Gasteiger partial charge on any atom is 0.306 e. The number of ether oxygens (including phenoxy) is 2. The van der Waals surface area contributed by atoms with E-state index in [0.717, 1.165) is 51.9 Å². The molecule has 3 unspecified atom stereocenters. The van der Waals surface area contributed by atoms with Gasteiger partial charge in [-0.15, -0.1) is 11.8 Å². The predicted molar refractivity (Wildman–Crippen MR) is 233 cm³/mol. The maximum absolute atomic E-state index is 12.9. The van der Waals surface area contributed by atoms with Gasteiger partial charge in [0.2, 0.25) is 0 Å². The second-order valence-electron chi connectivity index (χ2n) is 14.3. The van der Waals surface area contributed by atoms with E-state index < -0.39 is 10.8 Å². The number of carbonyl (C=O) groups excluding carboxylic acids is 2. The molecule has 0 aromatic heterocycles. The number of nitrogens with one attached hydrogen (secondary N) is 4. The molecule has 0 bridgehead atoms. The van der Waals surface area contributed by atoms with Crippen LogP contribution in [0.4, 0.5) is 34.1 Å². The third-order valence-electron chi connectivity index (χ3n) is 8.30. The molecule has 11 heteroatoms. The molecule has 4 rings (SSSR count). The number of hydrogen-bond acceptors (Lipinski definition) is 10.